The van der Waals surface area contributed by atoms with E-state index in [1.165, 1.54) is 4.90 Å². The third-order valence-electron chi connectivity index (χ3n) is 3.71. The van der Waals surface area contributed by atoms with E-state index in [1.54, 1.807) is 0 Å². The molecular weight excluding hydrogens is 306 g/mol. The van der Waals surface area contributed by atoms with Gasteiger partial charge in [-0.25, -0.2) is 16.8 Å². The molecule has 7 nitrogen and oxygen atoms in total. The molecule has 116 valence electrons. The molecule has 2 aliphatic heterocycles. The highest BCUT2D eigenvalue weighted by molar-refractivity contribution is 7.91. The van der Waals surface area contributed by atoms with E-state index in [4.69, 9.17) is 4.74 Å². The Balaban J connectivity index is 1.76. The smallest absolute Gasteiger partial charge is 0.210 e. The Morgan fingerprint density at radius 2 is 1.70 bits per heavy atom. The second kappa shape index (κ2) is 5.98. The van der Waals surface area contributed by atoms with E-state index in [1.807, 2.05) is 0 Å². The highest BCUT2D eigenvalue weighted by Gasteiger charge is 2.32. The first-order valence-electron chi connectivity index (χ1n) is 6.55. The molecule has 0 aliphatic carbocycles. The predicted molar refractivity (Wildman–Crippen MR) is 72.8 cm³/mol. The molecule has 0 aromatic heterocycles. The summed E-state index contributed by atoms with van der Waals surface area (Å²) in [4.78, 5) is 12.5. The molecule has 2 aliphatic rings. The fourth-order valence-corrected chi connectivity index (χ4v) is 5.94. The highest BCUT2D eigenvalue weighted by Crippen LogP contribution is 2.17. The lowest BCUT2D eigenvalue weighted by atomic mass is 10.2. The summed E-state index contributed by atoms with van der Waals surface area (Å²) in [5.74, 6) is 0.301. The maximum absolute atomic E-state index is 11.4. The van der Waals surface area contributed by atoms with Gasteiger partial charge in [-0.3, -0.25) is 4.79 Å². The topological polar surface area (TPSA) is 97.8 Å². The van der Waals surface area contributed by atoms with E-state index in [2.05, 4.69) is 0 Å². The minimum absolute atomic E-state index is 0.00352. The van der Waals surface area contributed by atoms with Gasteiger partial charge in [0.05, 0.1) is 35.7 Å². The first kappa shape index (κ1) is 15.7. The number of ether oxygens (including phenoxy) is 1. The molecule has 1 amide bonds. The van der Waals surface area contributed by atoms with E-state index in [0.717, 1.165) is 0 Å². The van der Waals surface area contributed by atoms with Crippen LogP contribution in [0.2, 0.25) is 0 Å². The molecule has 2 fully saturated rings. The Hall–Kier alpha value is -0.670. The SMILES string of the molecule is O=CN(CCO[C@@H]1CCS(=O)(=O)C1)[C@@H]1CCS(=O)(=O)C1. The fraction of sp³-hybridized carbons (Fsp3) is 0.909. The molecule has 0 N–H and O–H groups in total. The zero-order chi connectivity index (χ0) is 14.8. The van der Waals surface area contributed by atoms with Gasteiger partial charge in [-0.1, -0.05) is 0 Å². The molecular formula is C11H19NO6S2. The van der Waals surface area contributed by atoms with Crippen LogP contribution < -0.4 is 0 Å². The molecule has 20 heavy (non-hydrogen) atoms. The van der Waals surface area contributed by atoms with Crippen molar-refractivity contribution in [2.75, 3.05) is 36.2 Å². The molecule has 2 rings (SSSR count). The van der Waals surface area contributed by atoms with Crippen molar-refractivity contribution in [3.05, 3.63) is 0 Å². The van der Waals surface area contributed by atoms with Gasteiger partial charge in [0.25, 0.3) is 0 Å². The van der Waals surface area contributed by atoms with Gasteiger partial charge in [0.15, 0.2) is 19.7 Å². The van der Waals surface area contributed by atoms with Crippen LogP contribution in [0, 0.1) is 0 Å². The molecule has 2 atom stereocenters. The monoisotopic (exact) mass is 325 g/mol. The van der Waals surface area contributed by atoms with Crippen molar-refractivity contribution in [3.8, 4) is 0 Å². The van der Waals surface area contributed by atoms with Gasteiger partial charge in [-0.15, -0.1) is 0 Å². The second-order valence-electron chi connectivity index (χ2n) is 5.30. The quantitative estimate of drug-likeness (QED) is 0.571. The summed E-state index contributed by atoms with van der Waals surface area (Å²) >= 11 is 0. The molecule has 2 saturated heterocycles. The average Bonchev–Trinajstić information content (AvgIpc) is 2.87. The number of hydrogen-bond acceptors (Lipinski definition) is 6. The number of sulfone groups is 2. The normalized spacial score (nSPS) is 31.2. The molecule has 0 aromatic carbocycles. The maximum atomic E-state index is 11.4. The Labute approximate surface area is 119 Å². The zero-order valence-corrected chi connectivity index (χ0v) is 12.7. The summed E-state index contributed by atoms with van der Waals surface area (Å²) in [5, 5.41) is 0. The molecule has 0 aromatic rings. The maximum Gasteiger partial charge on any atom is 0.210 e. The zero-order valence-electron chi connectivity index (χ0n) is 11.1. The van der Waals surface area contributed by atoms with Crippen molar-refractivity contribution in [1.82, 2.24) is 4.90 Å². The largest absolute Gasteiger partial charge is 0.375 e. The van der Waals surface area contributed by atoms with Crippen molar-refractivity contribution < 1.29 is 26.4 Å². The van der Waals surface area contributed by atoms with Crippen LogP contribution in [0.5, 0.6) is 0 Å². The molecule has 0 radical (unpaired) electrons. The summed E-state index contributed by atoms with van der Waals surface area (Å²) in [6.45, 7) is 0.524. The van der Waals surface area contributed by atoms with Gasteiger partial charge in [0.1, 0.15) is 0 Å². The third-order valence-corrected chi connectivity index (χ3v) is 7.19. The average molecular weight is 325 g/mol. The van der Waals surface area contributed by atoms with Crippen molar-refractivity contribution in [2.45, 2.75) is 25.0 Å². The Morgan fingerprint density at radius 3 is 2.20 bits per heavy atom. The van der Waals surface area contributed by atoms with Crippen molar-refractivity contribution >= 4 is 26.1 Å². The van der Waals surface area contributed by atoms with Gasteiger partial charge in [0, 0.05) is 12.6 Å². The fourth-order valence-electron chi connectivity index (χ4n) is 2.58. The summed E-state index contributed by atoms with van der Waals surface area (Å²) in [5.41, 5.74) is 0. The molecule has 0 spiro atoms. The standard InChI is InChI=1S/C11H19NO6S2/c13-9-12(10-1-5-19(14,15)7-10)3-4-18-11-2-6-20(16,17)8-11/h9-11H,1-8H2/t10-,11-/m1/s1. The Bertz CT molecular complexity index is 555. The first-order chi connectivity index (χ1) is 9.31. The summed E-state index contributed by atoms with van der Waals surface area (Å²) in [6, 6.07) is -0.284. The molecule has 0 unspecified atom stereocenters. The number of hydrogen-bond donors (Lipinski definition) is 0. The minimum Gasteiger partial charge on any atom is -0.375 e. The lowest BCUT2D eigenvalue weighted by Gasteiger charge is -2.24. The van der Waals surface area contributed by atoms with Gasteiger partial charge < -0.3 is 9.64 Å². The van der Waals surface area contributed by atoms with E-state index in [0.29, 0.717) is 25.8 Å². The van der Waals surface area contributed by atoms with E-state index < -0.39 is 19.7 Å². The lowest BCUT2D eigenvalue weighted by Crippen LogP contribution is -2.38. The van der Waals surface area contributed by atoms with Crippen molar-refractivity contribution in [2.24, 2.45) is 0 Å². The number of nitrogens with zero attached hydrogens (tertiary/aromatic N) is 1. The summed E-state index contributed by atoms with van der Waals surface area (Å²) < 4.78 is 50.7. The number of amides is 1. The van der Waals surface area contributed by atoms with Crippen molar-refractivity contribution in [1.29, 1.82) is 0 Å². The van der Waals surface area contributed by atoms with E-state index in [9.17, 15) is 21.6 Å². The molecule has 0 bridgehead atoms. The number of carbonyl (C=O) groups is 1. The van der Waals surface area contributed by atoms with Crippen LogP contribution in [-0.4, -0.2) is 76.5 Å². The van der Waals surface area contributed by atoms with Gasteiger partial charge >= 0.3 is 0 Å². The Kier molecular flexibility index (Phi) is 4.70. The van der Waals surface area contributed by atoms with Crippen LogP contribution in [0.4, 0.5) is 0 Å². The Morgan fingerprint density at radius 1 is 1.05 bits per heavy atom. The minimum atomic E-state index is -3.03. The summed E-state index contributed by atoms with van der Waals surface area (Å²) in [6.07, 6.45) is 1.28. The van der Waals surface area contributed by atoms with Crippen LogP contribution in [-0.2, 0) is 29.2 Å². The third kappa shape index (κ3) is 4.16. The van der Waals surface area contributed by atoms with Gasteiger partial charge in [0.2, 0.25) is 6.41 Å². The van der Waals surface area contributed by atoms with Crippen LogP contribution in [0.1, 0.15) is 12.8 Å². The highest BCUT2D eigenvalue weighted by atomic mass is 32.2. The van der Waals surface area contributed by atoms with Crippen molar-refractivity contribution in [3.63, 3.8) is 0 Å². The molecule has 9 heteroatoms. The predicted octanol–water partition coefficient (Wildman–Crippen LogP) is -1.16. The van der Waals surface area contributed by atoms with Crippen LogP contribution in [0.3, 0.4) is 0 Å². The number of rotatable bonds is 6. The van der Waals surface area contributed by atoms with E-state index >= 15 is 0 Å². The molecule has 0 saturated carbocycles. The van der Waals surface area contributed by atoms with Gasteiger partial charge in [-0.2, -0.15) is 0 Å². The van der Waals surface area contributed by atoms with Crippen LogP contribution >= 0.6 is 0 Å². The molecule has 2 heterocycles. The van der Waals surface area contributed by atoms with E-state index in [-0.39, 0.29) is 41.8 Å². The van der Waals surface area contributed by atoms with Gasteiger partial charge in [-0.05, 0) is 12.8 Å². The number of carbonyl (C=O) groups excluding carboxylic acids is 1. The van der Waals surface area contributed by atoms with Crippen LogP contribution in [0.25, 0.3) is 0 Å². The van der Waals surface area contributed by atoms with Crippen LogP contribution in [0.15, 0.2) is 0 Å². The first-order valence-corrected chi connectivity index (χ1v) is 10.2. The lowest BCUT2D eigenvalue weighted by molar-refractivity contribution is -0.120. The second-order valence-corrected chi connectivity index (χ2v) is 9.75. The summed E-state index contributed by atoms with van der Waals surface area (Å²) in [7, 11) is -6.00.